The fourth-order valence-corrected chi connectivity index (χ4v) is 2.93. The van der Waals surface area contributed by atoms with Crippen LogP contribution < -0.4 is 11.1 Å². The van der Waals surface area contributed by atoms with Gasteiger partial charge in [0.05, 0.1) is 12.6 Å². The Balaban J connectivity index is 1.91. The van der Waals surface area contributed by atoms with Crippen molar-refractivity contribution in [1.82, 2.24) is 20.2 Å². The number of hydrogen-bond donors (Lipinski definition) is 2. The van der Waals surface area contributed by atoms with E-state index < -0.39 is 0 Å². The number of nitrogens with two attached hydrogens (primary N) is 1. The Hall–Kier alpha value is -1.69. The van der Waals surface area contributed by atoms with E-state index in [1.165, 1.54) is 0 Å². The summed E-state index contributed by atoms with van der Waals surface area (Å²) < 4.78 is 0. The van der Waals surface area contributed by atoms with Gasteiger partial charge in [-0.05, 0) is 39.7 Å². The first kappa shape index (κ1) is 14.7. The Morgan fingerprint density at radius 1 is 1.50 bits per heavy atom. The van der Waals surface area contributed by atoms with Gasteiger partial charge in [0.15, 0.2) is 0 Å². The molecule has 0 bridgehead atoms. The van der Waals surface area contributed by atoms with Crippen molar-refractivity contribution in [2.45, 2.75) is 58.3 Å². The number of hydrogen-bond acceptors (Lipinski definition) is 5. The third-order valence-corrected chi connectivity index (χ3v) is 3.99. The Morgan fingerprint density at radius 2 is 2.15 bits per heavy atom. The number of anilines is 1. The fourth-order valence-electron chi connectivity index (χ4n) is 2.93. The minimum Gasteiger partial charge on any atom is -0.384 e. The van der Waals surface area contributed by atoms with Gasteiger partial charge in [0.2, 0.25) is 5.91 Å². The van der Waals surface area contributed by atoms with Crippen molar-refractivity contribution >= 4 is 11.7 Å². The molecule has 6 heteroatoms. The highest BCUT2D eigenvalue weighted by atomic mass is 16.2. The van der Waals surface area contributed by atoms with Gasteiger partial charge >= 0.3 is 0 Å². The van der Waals surface area contributed by atoms with E-state index in [2.05, 4.69) is 34.0 Å². The van der Waals surface area contributed by atoms with Gasteiger partial charge < -0.3 is 11.1 Å². The molecule has 1 saturated heterocycles. The zero-order valence-electron chi connectivity index (χ0n) is 12.3. The van der Waals surface area contributed by atoms with Crippen LogP contribution in [0.4, 0.5) is 5.82 Å². The average Bonchev–Trinajstić information content (AvgIpc) is 2.75. The summed E-state index contributed by atoms with van der Waals surface area (Å²) in [6, 6.07) is 2.40. The molecule has 2 heterocycles. The second-order valence-corrected chi connectivity index (χ2v) is 5.51. The van der Waals surface area contributed by atoms with Crippen LogP contribution in [0.1, 0.15) is 39.4 Å². The van der Waals surface area contributed by atoms with Crippen molar-refractivity contribution in [2.75, 3.05) is 5.73 Å². The Bertz CT molecular complexity index is 468. The number of carbonyl (C=O) groups is 1. The standard InChI is InChI=1S/C14H23N5O/c1-9-4-5-10(2)19(9)11(3)14(20)17-8-13-16-7-6-12(15)18-13/h6-7,9-11H,4-5,8H2,1-3H3,(H,17,20)(H2,15,16,18). The van der Waals surface area contributed by atoms with Crippen molar-refractivity contribution in [3.05, 3.63) is 18.1 Å². The zero-order valence-corrected chi connectivity index (χ0v) is 12.3. The lowest BCUT2D eigenvalue weighted by molar-refractivity contribution is -0.127. The highest BCUT2D eigenvalue weighted by Gasteiger charge is 2.34. The molecular formula is C14H23N5O. The summed E-state index contributed by atoms with van der Waals surface area (Å²) in [7, 11) is 0. The number of rotatable bonds is 4. The molecule has 2 rings (SSSR count). The van der Waals surface area contributed by atoms with Crippen molar-refractivity contribution in [1.29, 1.82) is 0 Å². The SMILES string of the molecule is CC1CCC(C)N1C(C)C(=O)NCc1nccc(N)n1. The zero-order chi connectivity index (χ0) is 14.7. The van der Waals surface area contributed by atoms with E-state index in [0.717, 1.165) is 12.8 Å². The molecule has 6 nitrogen and oxygen atoms in total. The van der Waals surface area contributed by atoms with Crippen molar-refractivity contribution < 1.29 is 4.79 Å². The van der Waals surface area contributed by atoms with Crippen molar-refractivity contribution in [2.24, 2.45) is 0 Å². The number of nitrogen functional groups attached to an aromatic ring is 1. The molecule has 0 aliphatic carbocycles. The van der Waals surface area contributed by atoms with Crippen LogP contribution >= 0.6 is 0 Å². The number of amides is 1. The Morgan fingerprint density at radius 3 is 2.75 bits per heavy atom. The Kier molecular flexibility index (Phi) is 4.54. The first-order chi connectivity index (χ1) is 9.49. The smallest absolute Gasteiger partial charge is 0.237 e. The first-order valence-corrected chi connectivity index (χ1v) is 7.11. The normalized spacial score (nSPS) is 24.6. The van der Waals surface area contributed by atoms with Crippen LogP contribution in [0.2, 0.25) is 0 Å². The van der Waals surface area contributed by atoms with Gasteiger partial charge in [0.1, 0.15) is 11.6 Å². The van der Waals surface area contributed by atoms with E-state index in [4.69, 9.17) is 5.73 Å². The van der Waals surface area contributed by atoms with Crippen LogP contribution in [-0.4, -0.2) is 38.9 Å². The molecule has 110 valence electrons. The number of nitrogens with one attached hydrogen (secondary N) is 1. The van der Waals surface area contributed by atoms with Gasteiger partial charge in [0.25, 0.3) is 0 Å². The third kappa shape index (κ3) is 3.25. The summed E-state index contributed by atoms with van der Waals surface area (Å²) >= 11 is 0. The van der Waals surface area contributed by atoms with Gasteiger partial charge in [-0.15, -0.1) is 0 Å². The lowest BCUT2D eigenvalue weighted by Crippen LogP contribution is -2.49. The molecule has 1 aromatic heterocycles. The summed E-state index contributed by atoms with van der Waals surface area (Å²) in [5.41, 5.74) is 5.59. The second-order valence-electron chi connectivity index (χ2n) is 5.51. The van der Waals surface area contributed by atoms with Gasteiger partial charge in [-0.3, -0.25) is 9.69 Å². The highest BCUT2D eigenvalue weighted by Crippen LogP contribution is 2.25. The molecular weight excluding hydrogens is 254 g/mol. The fraction of sp³-hybridized carbons (Fsp3) is 0.643. The monoisotopic (exact) mass is 277 g/mol. The van der Waals surface area contributed by atoms with Crippen LogP contribution in [0.15, 0.2) is 12.3 Å². The summed E-state index contributed by atoms with van der Waals surface area (Å²) in [6.45, 7) is 6.61. The highest BCUT2D eigenvalue weighted by molar-refractivity contribution is 5.81. The Labute approximate surface area is 119 Å². The van der Waals surface area contributed by atoms with E-state index in [0.29, 0.717) is 30.3 Å². The molecule has 1 aliphatic heterocycles. The van der Waals surface area contributed by atoms with E-state index >= 15 is 0 Å². The summed E-state index contributed by atoms with van der Waals surface area (Å²) in [5, 5.41) is 2.88. The molecule has 0 spiro atoms. The molecule has 1 aliphatic rings. The maximum absolute atomic E-state index is 12.2. The van der Waals surface area contributed by atoms with Crippen LogP contribution in [-0.2, 0) is 11.3 Å². The van der Waals surface area contributed by atoms with Gasteiger partial charge in [-0.1, -0.05) is 0 Å². The lowest BCUT2D eigenvalue weighted by atomic mass is 10.2. The number of nitrogens with zero attached hydrogens (tertiary/aromatic N) is 3. The van der Waals surface area contributed by atoms with Crippen LogP contribution in [0, 0.1) is 0 Å². The molecule has 1 fully saturated rings. The number of carbonyl (C=O) groups excluding carboxylic acids is 1. The largest absolute Gasteiger partial charge is 0.384 e. The van der Waals surface area contributed by atoms with Crippen LogP contribution in [0.25, 0.3) is 0 Å². The van der Waals surface area contributed by atoms with Gasteiger partial charge in [0, 0.05) is 18.3 Å². The van der Waals surface area contributed by atoms with Gasteiger partial charge in [-0.25, -0.2) is 9.97 Å². The molecule has 1 aromatic rings. The molecule has 1 amide bonds. The molecule has 0 saturated carbocycles. The van der Waals surface area contributed by atoms with Gasteiger partial charge in [-0.2, -0.15) is 0 Å². The quantitative estimate of drug-likeness (QED) is 0.855. The lowest BCUT2D eigenvalue weighted by Gasteiger charge is -2.31. The molecule has 0 aromatic carbocycles. The first-order valence-electron chi connectivity index (χ1n) is 7.11. The predicted molar refractivity (Wildman–Crippen MR) is 77.8 cm³/mol. The van der Waals surface area contributed by atoms with Crippen molar-refractivity contribution in [3.8, 4) is 0 Å². The van der Waals surface area contributed by atoms with Crippen LogP contribution in [0.3, 0.4) is 0 Å². The maximum atomic E-state index is 12.2. The van der Waals surface area contributed by atoms with Crippen molar-refractivity contribution in [3.63, 3.8) is 0 Å². The van der Waals surface area contributed by atoms with Crippen LogP contribution in [0.5, 0.6) is 0 Å². The summed E-state index contributed by atoms with van der Waals surface area (Å²) in [4.78, 5) is 22.7. The third-order valence-electron chi connectivity index (χ3n) is 3.99. The van der Waals surface area contributed by atoms with E-state index in [1.54, 1.807) is 12.3 Å². The predicted octanol–water partition coefficient (Wildman–Crippen LogP) is 0.936. The molecule has 20 heavy (non-hydrogen) atoms. The second kappa shape index (κ2) is 6.17. The topological polar surface area (TPSA) is 84.1 Å². The summed E-state index contributed by atoms with van der Waals surface area (Å²) in [6.07, 6.45) is 3.89. The molecule has 3 unspecified atom stereocenters. The van der Waals surface area contributed by atoms with E-state index in [9.17, 15) is 4.79 Å². The molecule has 3 N–H and O–H groups in total. The molecule has 3 atom stereocenters. The minimum absolute atomic E-state index is 0.0108. The maximum Gasteiger partial charge on any atom is 0.237 e. The van der Waals surface area contributed by atoms with E-state index in [1.807, 2.05) is 6.92 Å². The average molecular weight is 277 g/mol. The summed E-state index contributed by atoms with van der Waals surface area (Å²) in [5.74, 6) is 0.962. The number of likely N-dealkylation sites (tertiary alicyclic amines) is 1. The van der Waals surface area contributed by atoms with E-state index in [-0.39, 0.29) is 11.9 Å². The number of aromatic nitrogens is 2. The minimum atomic E-state index is -0.136. The molecule has 0 radical (unpaired) electrons.